The monoisotopic (exact) mass is 459 g/mol. The van der Waals surface area contributed by atoms with Gasteiger partial charge in [-0.15, -0.1) is 0 Å². The summed E-state index contributed by atoms with van der Waals surface area (Å²) in [7, 11) is -3.83. The molecule has 0 bridgehead atoms. The molecule has 9 nitrogen and oxygen atoms in total. The van der Waals surface area contributed by atoms with Crippen LogP contribution in [0.25, 0.3) is 0 Å². The fraction of sp³-hybridized carbons (Fsp3) is 0.526. The summed E-state index contributed by atoms with van der Waals surface area (Å²) in [6.07, 6.45) is 3.47. The van der Waals surface area contributed by atoms with E-state index in [-0.39, 0.29) is 28.9 Å². The lowest BCUT2D eigenvalue weighted by atomic mass is 9.96. The van der Waals surface area contributed by atoms with Gasteiger partial charge in [-0.25, -0.2) is 17.9 Å². The Hall–Kier alpha value is -2.17. The maximum absolute atomic E-state index is 12.2. The zero-order valence-electron chi connectivity index (χ0n) is 16.6. The van der Waals surface area contributed by atoms with E-state index < -0.39 is 34.0 Å². The molecule has 0 spiro atoms. The highest BCUT2D eigenvalue weighted by atomic mass is 35.5. The first kappa shape index (κ1) is 24.1. The Balaban J connectivity index is 1.71. The molecular formula is C19H26ClN3O6S. The SMILES string of the molecule is CC(OC(=O)CCNS(=O)(=O)c1cccc(Cl)c1)C(=O)NC(=O)NC1CCCCC1. The largest absolute Gasteiger partial charge is 0.452 e. The number of urea groups is 1. The number of amides is 3. The average molecular weight is 460 g/mol. The number of benzene rings is 1. The van der Waals surface area contributed by atoms with Crippen LogP contribution in [-0.2, 0) is 24.3 Å². The summed E-state index contributed by atoms with van der Waals surface area (Å²) in [6, 6.07) is 5.11. The number of hydrogen-bond acceptors (Lipinski definition) is 6. The highest BCUT2D eigenvalue weighted by Gasteiger charge is 2.22. The normalized spacial score (nSPS) is 15.8. The number of carbonyl (C=O) groups excluding carboxylic acids is 3. The zero-order chi connectivity index (χ0) is 22.1. The van der Waals surface area contributed by atoms with Gasteiger partial charge in [0.2, 0.25) is 10.0 Å². The van der Waals surface area contributed by atoms with Gasteiger partial charge in [0, 0.05) is 17.6 Å². The molecule has 0 heterocycles. The lowest BCUT2D eigenvalue weighted by Crippen LogP contribution is -2.48. The number of imide groups is 1. The van der Waals surface area contributed by atoms with Gasteiger partial charge in [-0.1, -0.05) is 36.9 Å². The summed E-state index contributed by atoms with van der Waals surface area (Å²) < 4.78 is 31.5. The second-order valence-electron chi connectivity index (χ2n) is 7.03. The van der Waals surface area contributed by atoms with Crippen LogP contribution in [0.4, 0.5) is 4.79 Å². The molecule has 1 atom stereocenters. The van der Waals surface area contributed by atoms with Crippen LogP contribution in [0, 0.1) is 0 Å². The quantitative estimate of drug-likeness (QED) is 0.510. The average Bonchev–Trinajstić information content (AvgIpc) is 2.68. The lowest BCUT2D eigenvalue weighted by molar-refractivity contribution is -0.154. The van der Waals surface area contributed by atoms with Crippen LogP contribution < -0.4 is 15.4 Å². The maximum atomic E-state index is 12.2. The minimum atomic E-state index is -3.83. The molecule has 1 aromatic carbocycles. The number of ether oxygens (including phenoxy) is 1. The third kappa shape index (κ3) is 7.92. The minimum Gasteiger partial charge on any atom is -0.452 e. The number of halogens is 1. The molecule has 0 radical (unpaired) electrons. The number of sulfonamides is 1. The van der Waals surface area contributed by atoms with Crippen LogP contribution in [0.2, 0.25) is 5.02 Å². The van der Waals surface area contributed by atoms with Gasteiger partial charge in [0.1, 0.15) is 0 Å². The van der Waals surface area contributed by atoms with Gasteiger partial charge in [0.25, 0.3) is 5.91 Å². The minimum absolute atomic E-state index is 0.0277. The smallest absolute Gasteiger partial charge is 0.321 e. The Bertz CT molecular complexity index is 871. The molecule has 0 saturated heterocycles. The molecule has 1 aliphatic rings. The van der Waals surface area contributed by atoms with E-state index in [0.717, 1.165) is 32.1 Å². The summed E-state index contributed by atoms with van der Waals surface area (Å²) in [5.74, 6) is -1.53. The highest BCUT2D eigenvalue weighted by molar-refractivity contribution is 7.89. The third-order valence-electron chi connectivity index (χ3n) is 4.58. The van der Waals surface area contributed by atoms with Crippen molar-refractivity contribution >= 4 is 39.5 Å². The molecule has 0 aromatic heterocycles. The highest BCUT2D eigenvalue weighted by Crippen LogP contribution is 2.17. The zero-order valence-corrected chi connectivity index (χ0v) is 18.2. The molecule has 3 N–H and O–H groups in total. The van der Waals surface area contributed by atoms with E-state index in [1.54, 1.807) is 6.07 Å². The van der Waals surface area contributed by atoms with Crippen molar-refractivity contribution in [2.45, 2.75) is 62.5 Å². The van der Waals surface area contributed by atoms with Gasteiger partial charge in [0.05, 0.1) is 11.3 Å². The Morgan fingerprint density at radius 2 is 1.90 bits per heavy atom. The van der Waals surface area contributed by atoms with Crippen LogP contribution in [0.1, 0.15) is 45.4 Å². The lowest BCUT2D eigenvalue weighted by Gasteiger charge is -2.23. The Labute approximate surface area is 180 Å². The fourth-order valence-electron chi connectivity index (χ4n) is 3.00. The van der Waals surface area contributed by atoms with Crippen molar-refractivity contribution in [3.63, 3.8) is 0 Å². The van der Waals surface area contributed by atoms with Crippen molar-refractivity contribution in [1.29, 1.82) is 0 Å². The molecule has 30 heavy (non-hydrogen) atoms. The van der Waals surface area contributed by atoms with Crippen molar-refractivity contribution in [2.24, 2.45) is 0 Å². The number of carbonyl (C=O) groups is 3. The molecule has 1 aliphatic carbocycles. The summed E-state index contributed by atoms with van der Waals surface area (Å²) in [4.78, 5) is 35.7. The van der Waals surface area contributed by atoms with Gasteiger partial charge < -0.3 is 10.1 Å². The summed E-state index contributed by atoms with van der Waals surface area (Å²) in [5, 5.41) is 5.15. The van der Waals surface area contributed by atoms with Crippen molar-refractivity contribution < 1.29 is 27.5 Å². The fourth-order valence-corrected chi connectivity index (χ4v) is 4.33. The standard InChI is InChI=1S/C19H26ClN3O6S/c1-13(18(25)23-19(26)22-15-7-3-2-4-8-15)29-17(24)10-11-21-30(27,28)16-9-5-6-14(20)12-16/h5-6,9,12-13,15,21H,2-4,7-8,10-11H2,1H3,(H2,22,23,25,26). The van der Waals surface area contributed by atoms with E-state index in [2.05, 4.69) is 15.4 Å². The molecule has 166 valence electrons. The van der Waals surface area contributed by atoms with Crippen LogP contribution in [0.3, 0.4) is 0 Å². The Morgan fingerprint density at radius 1 is 1.20 bits per heavy atom. The Kier molecular flexibility index (Phi) is 9.07. The predicted molar refractivity (Wildman–Crippen MR) is 110 cm³/mol. The van der Waals surface area contributed by atoms with Crippen molar-refractivity contribution in [3.05, 3.63) is 29.3 Å². The molecule has 1 unspecified atom stereocenters. The molecule has 1 fully saturated rings. The van der Waals surface area contributed by atoms with Crippen molar-refractivity contribution in [3.8, 4) is 0 Å². The summed E-state index contributed by atoms with van der Waals surface area (Å²) in [5.41, 5.74) is 0. The topological polar surface area (TPSA) is 131 Å². The maximum Gasteiger partial charge on any atom is 0.321 e. The van der Waals surface area contributed by atoms with E-state index in [9.17, 15) is 22.8 Å². The van der Waals surface area contributed by atoms with Crippen LogP contribution in [0.5, 0.6) is 0 Å². The second kappa shape index (κ2) is 11.3. The van der Waals surface area contributed by atoms with Gasteiger partial charge >= 0.3 is 12.0 Å². The van der Waals surface area contributed by atoms with Gasteiger partial charge in [-0.2, -0.15) is 0 Å². The van der Waals surface area contributed by atoms with Gasteiger partial charge in [-0.05, 0) is 38.0 Å². The molecule has 1 aromatic rings. The molecule has 11 heteroatoms. The van der Waals surface area contributed by atoms with Crippen LogP contribution >= 0.6 is 11.6 Å². The van der Waals surface area contributed by atoms with Gasteiger partial charge in [0.15, 0.2) is 6.10 Å². The van der Waals surface area contributed by atoms with Crippen molar-refractivity contribution in [1.82, 2.24) is 15.4 Å². The first-order chi connectivity index (χ1) is 14.2. The number of rotatable bonds is 8. The van der Waals surface area contributed by atoms with Gasteiger partial charge in [-0.3, -0.25) is 14.9 Å². The number of esters is 1. The van der Waals surface area contributed by atoms with Crippen LogP contribution in [0.15, 0.2) is 29.2 Å². The summed E-state index contributed by atoms with van der Waals surface area (Å²) in [6.45, 7) is 1.11. The molecular weight excluding hydrogens is 434 g/mol. The van der Waals surface area contributed by atoms with E-state index in [1.807, 2.05) is 0 Å². The molecule has 0 aliphatic heterocycles. The van der Waals surface area contributed by atoms with Crippen LogP contribution in [-0.4, -0.2) is 45.0 Å². The first-order valence-corrected chi connectivity index (χ1v) is 11.6. The predicted octanol–water partition coefficient (Wildman–Crippen LogP) is 2.10. The molecule has 3 amide bonds. The second-order valence-corrected chi connectivity index (χ2v) is 9.24. The third-order valence-corrected chi connectivity index (χ3v) is 6.28. The summed E-state index contributed by atoms with van der Waals surface area (Å²) >= 11 is 5.78. The Morgan fingerprint density at radius 3 is 2.57 bits per heavy atom. The first-order valence-electron chi connectivity index (χ1n) is 9.73. The number of hydrogen-bond donors (Lipinski definition) is 3. The molecule has 1 saturated carbocycles. The van der Waals surface area contributed by atoms with E-state index in [1.165, 1.54) is 25.1 Å². The molecule has 2 rings (SSSR count). The number of nitrogens with one attached hydrogen (secondary N) is 3. The van der Waals surface area contributed by atoms with Crippen molar-refractivity contribution in [2.75, 3.05) is 6.54 Å². The van der Waals surface area contributed by atoms with E-state index >= 15 is 0 Å². The van der Waals surface area contributed by atoms with E-state index in [0.29, 0.717) is 0 Å². The van der Waals surface area contributed by atoms with E-state index in [4.69, 9.17) is 16.3 Å².